The number of rotatable bonds is 6. The van der Waals surface area contributed by atoms with E-state index in [-0.39, 0.29) is 6.61 Å². The zero-order valence-electron chi connectivity index (χ0n) is 13.1. The second kappa shape index (κ2) is 6.81. The number of hydrogen-bond donors (Lipinski definition) is 1. The molecule has 120 valence electrons. The van der Waals surface area contributed by atoms with Crippen molar-refractivity contribution in [1.29, 1.82) is 0 Å². The molecule has 5 nitrogen and oxygen atoms in total. The fraction of sp³-hybridized carbons (Fsp3) is 0.529. The highest BCUT2D eigenvalue weighted by atomic mass is 16.6. The molecular weight excluding hydrogens is 282 g/mol. The number of likely N-dealkylation sites (N-methyl/N-ethyl adjacent to an activating group) is 1. The van der Waals surface area contributed by atoms with E-state index in [9.17, 15) is 14.7 Å². The minimum Gasteiger partial charge on any atom is -0.480 e. The van der Waals surface area contributed by atoms with Crippen molar-refractivity contribution in [3.63, 3.8) is 0 Å². The first kappa shape index (κ1) is 16.3. The van der Waals surface area contributed by atoms with Crippen LogP contribution in [0, 0.1) is 5.92 Å². The smallest absolute Gasteiger partial charge is 0.410 e. The van der Waals surface area contributed by atoms with Gasteiger partial charge in [-0.05, 0) is 24.8 Å². The number of aliphatic carboxylic acids is 1. The summed E-state index contributed by atoms with van der Waals surface area (Å²) in [4.78, 5) is 25.1. The first-order valence-corrected chi connectivity index (χ1v) is 7.61. The van der Waals surface area contributed by atoms with Gasteiger partial charge in [-0.15, -0.1) is 0 Å². The molecule has 1 fully saturated rings. The van der Waals surface area contributed by atoms with E-state index in [1.807, 2.05) is 30.3 Å². The lowest BCUT2D eigenvalue weighted by molar-refractivity contribution is -0.150. The molecule has 0 aliphatic heterocycles. The summed E-state index contributed by atoms with van der Waals surface area (Å²) in [6.07, 6.45) is 3.08. The van der Waals surface area contributed by atoms with Crippen LogP contribution in [-0.2, 0) is 16.1 Å². The molecule has 2 rings (SSSR count). The lowest BCUT2D eigenvalue weighted by Crippen LogP contribution is -2.54. The van der Waals surface area contributed by atoms with Crippen LogP contribution in [0.3, 0.4) is 0 Å². The van der Waals surface area contributed by atoms with Crippen LogP contribution < -0.4 is 0 Å². The van der Waals surface area contributed by atoms with E-state index >= 15 is 0 Å². The molecule has 5 heteroatoms. The van der Waals surface area contributed by atoms with Gasteiger partial charge >= 0.3 is 12.1 Å². The molecule has 1 atom stereocenters. The number of carbonyl (C=O) groups is 2. The van der Waals surface area contributed by atoms with Crippen molar-refractivity contribution in [2.24, 2.45) is 5.92 Å². The summed E-state index contributed by atoms with van der Waals surface area (Å²) in [6.45, 7) is 1.74. The number of carbonyl (C=O) groups excluding carboxylic acids is 1. The number of carboxylic acid groups (broad SMARTS) is 1. The van der Waals surface area contributed by atoms with Gasteiger partial charge in [-0.1, -0.05) is 49.6 Å². The van der Waals surface area contributed by atoms with Gasteiger partial charge in [-0.25, -0.2) is 9.59 Å². The Bertz CT molecular complexity index is 527. The Kier molecular flexibility index (Phi) is 5.06. The zero-order valence-corrected chi connectivity index (χ0v) is 13.1. The van der Waals surface area contributed by atoms with E-state index in [2.05, 4.69) is 0 Å². The molecule has 1 unspecified atom stereocenters. The maximum absolute atomic E-state index is 12.2. The molecule has 0 aromatic heterocycles. The highest BCUT2D eigenvalue weighted by molar-refractivity contribution is 5.83. The lowest BCUT2D eigenvalue weighted by atomic mass is 9.76. The van der Waals surface area contributed by atoms with E-state index in [0.717, 1.165) is 24.8 Å². The largest absolute Gasteiger partial charge is 0.480 e. The van der Waals surface area contributed by atoms with Crippen molar-refractivity contribution in [2.75, 3.05) is 7.05 Å². The third kappa shape index (κ3) is 3.59. The van der Waals surface area contributed by atoms with E-state index < -0.39 is 17.6 Å². The number of amides is 1. The molecule has 1 saturated carbocycles. The van der Waals surface area contributed by atoms with Crippen molar-refractivity contribution in [2.45, 2.75) is 44.8 Å². The molecule has 0 saturated heterocycles. The summed E-state index contributed by atoms with van der Waals surface area (Å²) < 4.78 is 5.24. The average molecular weight is 305 g/mol. The van der Waals surface area contributed by atoms with Gasteiger partial charge in [0.2, 0.25) is 0 Å². The Hall–Kier alpha value is -2.04. The Morgan fingerprint density at radius 2 is 1.95 bits per heavy atom. The number of ether oxygens (including phenoxy) is 1. The van der Waals surface area contributed by atoms with Gasteiger partial charge in [0, 0.05) is 7.05 Å². The highest BCUT2D eigenvalue weighted by Gasteiger charge is 2.43. The fourth-order valence-corrected chi connectivity index (χ4v) is 2.64. The second-order valence-electron chi connectivity index (χ2n) is 6.18. The van der Waals surface area contributed by atoms with Crippen molar-refractivity contribution < 1.29 is 19.4 Å². The molecule has 0 spiro atoms. The Morgan fingerprint density at radius 3 is 2.45 bits per heavy atom. The quantitative estimate of drug-likeness (QED) is 0.875. The van der Waals surface area contributed by atoms with Crippen LogP contribution in [0.2, 0.25) is 0 Å². The molecule has 1 aliphatic rings. The van der Waals surface area contributed by atoms with Crippen molar-refractivity contribution >= 4 is 12.1 Å². The standard InChI is InChI=1S/C17H23NO4/c1-17(15(19)20,11-13-9-6-10-13)18(2)16(21)22-12-14-7-4-3-5-8-14/h3-5,7-8,13H,6,9-12H2,1-2H3,(H,19,20). The Labute approximate surface area is 130 Å². The van der Waals surface area contributed by atoms with Crippen LogP contribution in [0.15, 0.2) is 30.3 Å². The van der Waals surface area contributed by atoms with Crippen molar-refractivity contribution in [3.05, 3.63) is 35.9 Å². The summed E-state index contributed by atoms with van der Waals surface area (Å²) in [5, 5.41) is 9.56. The first-order valence-electron chi connectivity index (χ1n) is 7.61. The van der Waals surface area contributed by atoms with Crippen LogP contribution in [-0.4, -0.2) is 34.7 Å². The van der Waals surface area contributed by atoms with Crippen LogP contribution in [0.4, 0.5) is 4.79 Å². The van der Waals surface area contributed by atoms with Crippen LogP contribution in [0.1, 0.15) is 38.2 Å². The van der Waals surface area contributed by atoms with Crippen molar-refractivity contribution in [1.82, 2.24) is 4.90 Å². The Morgan fingerprint density at radius 1 is 1.32 bits per heavy atom. The summed E-state index contributed by atoms with van der Waals surface area (Å²) in [5.41, 5.74) is -0.348. The van der Waals surface area contributed by atoms with Gasteiger partial charge in [0.05, 0.1) is 0 Å². The molecule has 1 aromatic carbocycles. The molecule has 1 aromatic rings. The molecule has 0 bridgehead atoms. The summed E-state index contributed by atoms with van der Waals surface area (Å²) in [5.74, 6) is -0.607. The van der Waals surface area contributed by atoms with Gasteiger partial charge in [0.15, 0.2) is 0 Å². The van der Waals surface area contributed by atoms with Gasteiger partial charge < -0.3 is 9.84 Å². The lowest BCUT2D eigenvalue weighted by Gasteiger charge is -2.39. The summed E-state index contributed by atoms with van der Waals surface area (Å²) in [6, 6.07) is 9.34. The minimum absolute atomic E-state index is 0.142. The summed E-state index contributed by atoms with van der Waals surface area (Å²) >= 11 is 0. The first-order chi connectivity index (χ1) is 10.4. The predicted molar refractivity (Wildman–Crippen MR) is 82.4 cm³/mol. The molecule has 0 radical (unpaired) electrons. The molecule has 1 N–H and O–H groups in total. The maximum Gasteiger partial charge on any atom is 0.410 e. The minimum atomic E-state index is -1.22. The normalized spacial score (nSPS) is 17.2. The zero-order chi connectivity index (χ0) is 16.2. The van der Waals surface area contributed by atoms with Crippen molar-refractivity contribution in [3.8, 4) is 0 Å². The second-order valence-corrected chi connectivity index (χ2v) is 6.18. The molecule has 1 aliphatic carbocycles. The topological polar surface area (TPSA) is 66.8 Å². The van der Waals surface area contributed by atoms with Crippen LogP contribution >= 0.6 is 0 Å². The fourth-order valence-electron chi connectivity index (χ4n) is 2.64. The van der Waals surface area contributed by atoms with E-state index in [0.29, 0.717) is 12.3 Å². The highest BCUT2D eigenvalue weighted by Crippen LogP contribution is 2.36. The third-order valence-corrected chi connectivity index (χ3v) is 4.59. The molecular formula is C17H23NO4. The predicted octanol–water partition coefficient (Wildman–Crippen LogP) is 3.29. The molecule has 1 amide bonds. The molecule has 0 heterocycles. The van der Waals surface area contributed by atoms with Gasteiger partial charge in [0.25, 0.3) is 0 Å². The van der Waals surface area contributed by atoms with Crippen LogP contribution in [0.25, 0.3) is 0 Å². The number of nitrogens with zero attached hydrogens (tertiary/aromatic N) is 1. The van der Waals surface area contributed by atoms with Crippen LogP contribution in [0.5, 0.6) is 0 Å². The average Bonchev–Trinajstić information content (AvgIpc) is 2.48. The summed E-state index contributed by atoms with van der Waals surface area (Å²) in [7, 11) is 1.50. The Balaban J connectivity index is 1.97. The van der Waals surface area contributed by atoms with Gasteiger partial charge in [0.1, 0.15) is 12.1 Å². The van der Waals surface area contributed by atoms with E-state index in [1.54, 1.807) is 6.92 Å². The number of carboxylic acids is 1. The SMILES string of the molecule is CN(C(=O)OCc1ccccc1)C(C)(CC1CCC1)C(=O)O. The van der Waals surface area contributed by atoms with E-state index in [4.69, 9.17) is 4.74 Å². The van der Waals surface area contributed by atoms with Gasteiger partial charge in [-0.3, -0.25) is 4.90 Å². The molecule has 22 heavy (non-hydrogen) atoms. The third-order valence-electron chi connectivity index (χ3n) is 4.59. The van der Waals surface area contributed by atoms with E-state index in [1.165, 1.54) is 11.9 Å². The number of hydrogen-bond acceptors (Lipinski definition) is 3. The number of benzene rings is 1. The van der Waals surface area contributed by atoms with Gasteiger partial charge in [-0.2, -0.15) is 0 Å². The maximum atomic E-state index is 12.2. The monoisotopic (exact) mass is 305 g/mol.